The number of aromatic nitrogens is 4. The number of aryl methyl sites for hydroxylation is 2. The van der Waals surface area contributed by atoms with Crippen molar-refractivity contribution in [3.8, 4) is 11.4 Å². The van der Waals surface area contributed by atoms with Crippen molar-refractivity contribution in [3.63, 3.8) is 0 Å². The Morgan fingerprint density at radius 2 is 1.76 bits per heavy atom. The molecule has 34 heavy (non-hydrogen) atoms. The summed E-state index contributed by atoms with van der Waals surface area (Å²) in [6.45, 7) is 9.77. The Morgan fingerprint density at radius 3 is 2.47 bits per heavy atom. The number of halogens is 1. The first-order chi connectivity index (χ1) is 16.5. The molecule has 176 valence electrons. The molecule has 1 fully saturated rings. The van der Waals surface area contributed by atoms with Crippen LogP contribution in [0.25, 0.3) is 22.6 Å². The zero-order valence-corrected chi connectivity index (χ0v) is 19.9. The maximum absolute atomic E-state index is 14.3. The number of benzene rings is 2. The molecule has 1 saturated heterocycles. The van der Waals surface area contributed by atoms with Gasteiger partial charge >= 0.3 is 0 Å². The van der Waals surface area contributed by atoms with Crippen LogP contribution in [0.4, 0.5) is 15.9 Å². The number of hydrogen-bond donors (Lipinski definition) is 1. The van der Waals surface area contributed by atoms with Crippen LogP contribution in [-0.4, -0.2) is 57.1 Å². The molecule has 0 saturated carbocycles. The maximum atomic E-state index is 14.3. The van der Waals surface area contributed by atoms with E-state index >= 15 is 0 Å². The summed E-state index contributed by atoms with van der Waals surface area (Å²) < 4.78 is 16.2. The Morgan fingerprint density at radius 1 is 1.00 bits per heavy atom. The summed E-state index contributed by atoms with van der Waals surface area (Å²) >= 11 is 0. The summed E-state index contributed by atoms with van der Waals surface area (Å²) in [5.41, 5.74) is 5.04. The predicted molar refractivity (Wildman–Crippen MR) is 135 cm³/mol. The van der Waals surface area contributed by atoms with Gasteiger partial charge in [-0.25, -0.2) is 19.3 Å². The average molecular weight is 460 g/mol. The van der Waals surface area contributed by atoms with E-state index in [0.717, 1.165) is 49.5 Å². The minimum absolute atomic E-state index is 0.227. The molecule has 2 aromatic carbocycles. The molecule has 0 aliphatic carbocycles. The summed E-state index contributed by atoms with van der Waals surface area (Å²) in [4.78, 5) is 18.9. The second kappa shape index (κ2) is 9.38. The molecule has 0 amide bonds. The number of nitrogens with zero attached hydrogens (tertiary/aromatic N) is 6. The number of nitrogens with one attached hydrogen (secondary N) is 1. The van der Waals surface area contributed by atoms with Crippen molar-refractivity contribution in [1.82, 2.24) is 24.4 Å². The van der Waals surface area contributed by atoms with E-state index in [1.54, 1.807) is 18.5 Å². The molecule has 5 rings (SSSR count). The molecule has 0 atom stereocenters. The zero-order valence-electron chi connectivity index (χ0n) is 19.9. The van der Waals surface area contributed by atoms with Crippen LogP contribution >= 0.6 is 0 Å². The van der Waals surface area contributed by atoms with Crippen LogP contribution in [0.3, 0.4) is 0 Å². The van der Waals surface area contributed by atoms with Gasteiger partial charge in [-0.15, -0.1) is 0 Å². The Kier molecular flexibility index (Phi) is 6.15. The van der Waals surface area contributed by atoms with E-state index in [0.29, 0.717) is 29.3 Å². The predicted octanol–water partition coefficient (Wildman–Crippen LogP) is 4.23. The average Bonchev–Trinajstić information content (AvgIpc) is 3.24. The molecule has 4 aromatic rings. The summed E-state index contributed by atoms with van der Waals surface area (Å²) in [5, 5.41) is 3.28. The monoisotopic (exact) mass is 459 g/mol. The molecule has 1 aliphatic rings. The SMILES string of the molecule is CCN1CCN(c2ccc(-c3nc(NCc4ccc(C)cc4F)c4ncn(C)c4n3)cc2)CC1. The van der Waals surface area contributed by atoms with Gasteiger partial charge in [0.1, 0.15) is 11.3 Å². The largest absolute Gasteiger partial charge is 0.369 e. The number of fused-ring (bicyclic) bond motifs is 1. The Balaban J connectivity index is 1.40. The van der Waals surface area contributed by atoms with E-state index in [2.05, 4.69) is 51.3 Å². The zero-order chi connectivity index (χ0) is 23.7. The number of likely N-dealkylation sites (N-methyl/N-ethyl adjacent to an activating group) is 1. The van der Waals surface area contributed by atoms with Gasteiger partial charge in [0.2, 0.25) is 0 Å². The normalized spacial score (nSPS) is 14.6. The molecule has 0 bridgehead atoms. The number of anilines is 2. The molecule has 8 heteroatoms. The van der Waals surface area contributed by atoms with Gasteiger partial charge in [0.25, 0.3) is 0 Å². The third-order valence-corrected chi connectivity index (χ3v) is 6.52. The van der Waals surface area contributed by atoms with Crippen molar-refractivity contribution in [2.75, 3.05) is 42.9 Å². The molecule has 7 nitrogen and oxygen atoms in total. The summed E-state index contributed by atoms with van der Waals surface area (Å²) in [6.07, 6.45) is 1.72. The number of hydrogen-bond acceptors (Lipinski definition) is 6. The van der Waals surface area contributed by atoms with Crippen LogP contribution in [0, 0.1) is 12.7 Å². The second-order valence-electron chi connectivity index (χ2n) is 8.84. The Bertz CT molecular complexity index is 1290. The number of rotatable bonds is 6. The fraction of sp³-hybridized carbons (Fsp3) is 0.346. The summed E-state index contributed by atoms with van der Waals surface area (Å²) in [5.74, 6) is 0.986. The molecule has 0 spiro atoms. The fourth-order valence-electron chi connectivity index (χ4n) is 4.38. The van der Waals surface area contributed by atoms with Crippen LogP contribution in [0.5, 0.6) is 0 Å². The van der Waals surface area contributed by atoms with E-state index in [9.17, 15) is 4.39 Å². The van der Waals surface area contributed by atoms with Crippen LogP contribution in [-0.2, 0) is 13.6 Å². The van der Waals surface area contributed by atoms with E-state index in [1.165, 1.54) is 5.69 Å². The highest BCUT2D eigenvalue weighted by Gasteiger charge is 2.17. The van der Waals surface area contributed by atoms with Gasteiger partial charge in [0.05, 0.1) is 6.33 Å². The topological polar surface area (TPSA) is 62.1 Å². The molecule has 2 aromatic heterocycles. The highest BCUT2D eigenvalue weighted by Crippen LogP contribution is 2.26. The van der Waals surface area contributed by atoms with Gasteiger partial charge in [0.15, 0.2) is 17.3 Å². The first kappa shape index (κ1) is 22.3. The quantitative estimate of drug-likeness (QED) is 0.466. The molecule has 1 aliphatic heterocycles. The number of imidazole rings is 1. The van der Waals surface area contributed by atoms with E-state index in [4.69, 9.17) is 9.97 Å². The molecule has 0 unspecified atom stereocenters. The van der Waals surface area contributed by atoms with Crippen molar-refractivity contribution in [1.29, 1.82) is 0 Å². The van der Waals surface area contributed by atoms with Crippen molar-refractivity contribution in [3.05, 3.63) is 65.7 Å². The van der Waals surface area contributed by atoms with Crippen molar-refractivity contribution in [2.24, 2.45) is 7.05 Å². The van der Waals surface area contributed by atoms with E-state index in [1.807, 2.05) is 24.6 Å². The van der Waals surface area contributed by atoms with Gasteiger partial charge in [-0.3, -0.25) is 0 Å². The molecular weight excluding hydrogens is 429 g/mol. The maximum Gasteiger partial charge on any atom is 0.165 e. The van der Waals surface area contributed by atoms with Crippen LogP contribution in [0.2, 0.25) is 0 Å². The molecule has 3 heterocycles. The van der Waals surface area contributed by atoms with Crippen molar-refractivity contribution < 1.29 is 4.39 Å². The summed E-state index contributed by atoms with van der Waals surface area (Å²) in [7, 11) is 1.91. The third-order valence-electron chi connectivity index (χ3n) is 6.52. The van der Waals surface area contributed by atoms with E-state index < -0.39 is 0 Å². The van der Waals surface area contributed by atoms with E-state index in [-0.39, 0.29) is 5.82 Å². The van der Waals surface area contributed by atoms with Crippen molar-refractivity contribution in [2.45, 2.75) is 20.4 Å². The van der Waals surface area contributed by atoms with Gasteiger partial charge in [-0.05, 0) is 49.4 Å². The Labute approximate surface area is 199 Å². The molecule has 1 N–H and O–H groups in total. The first-order valence-electron chi connectivity index (χ1n) is 11.8. The minimum Gasteiger partial charge on any atom is -0.369 e. The van der Waals surface area contributed by atoms with Crippen LogP contribution in [0.1, 0.15) is 18.1 Å². The van der Waals surface area contributed by atoms with Crippen LogP contribution < -0.4 is 10.2 Å². The third kappa shape index (κ3) is 4.46. The highest BCUT2D eigenvalue weighted by molar-refractivity contribution is 5.85. The lowest BCUT2D eigenvalue weighted by Gasteiger charge is -2.35. The van der Waals surface area contributed by atoms with Gasteiger partial charge in [-0.2, -0.15) is 0 Å². The fourth-order valence-corrected chi connectivity index (χ4v) is 4.38. The second-order valence-corrected chi connectivity index (χ2v) is 8.84. The van der Waals surface area contributed by atoms with Gasteiger partial charge < -0.3 is 19.7 Å². The Hall–Kier alpha value is -3.52. The highest BCUT2D eigenvalue weighted by atomic mass is 19.1. The first-order valence-corrected chi connectivity index (χ1v) is 11.8. The van der Waals surface area contributed by atoms with Crippen LogP contribution in [0.15, 0.2) is 48.8 Å². The smallest absolute Gasteiger partial charge is 0.165 e. The van der Waals surface area contributed by atoms with Gasteiger partial charge in [0, 0.05) is 56.6 Å². The lowest BCUT2D eigenvalue weighted by Crippen LogP contribution is -2.46. The lowest BCUT2D eigenvalue weighted by atomic mass is 10.1. The standard InChI is InChI=1S/C26H30FN7/c1-4-33-11-13-34(14-12-33)21-9-7-19(8-10-21)24-30-25(23-26(31-24)32(3)17-29-23)28-16-20-6-5-18(2)15-22(20)27/h5-10,15,17H,4,11-14,16H2,1-3H3,(H,28,30,31). The van der Waals surface area contributed by atoms with Crippen molar-refractivity contribution >= 4 is 22.7 Å². The molecular formula is C26H30FN7. The number of piperazine rings is 1. The lowest BCUT2D eigenvalue weighted by molar-refractivity contribution is 0.271. The summed E-state index contributed by atoms with van der Waals surface area (Å²) in [6, 6.07) is 13.7. The minimum atomic E-state index is -0.227. The van der Waals surface area contributed by atoms with Gasteiger partial charge in [-0.1, -0.05) is 19.1 Å². The molecule has 0 radical (unpaired) electrons.